The van der Waals surface area contributed by atoms with Crippen molar-refractivity contribution in [3.8, 4) is 0 Å². The van der Waals surface area contributed by atoms with Crippen molar-refractivity contribution in [1.82, 2.24) is 14.4 Å². The molecule has 0 saturated carbocycles. The van der Waals surface area contributed by atoms with Gasteiger partial charge in [0.05, 0.1) is 0 Å². The van der Waals surface area contributed by atoms with Gasteiger partial charge >= 0.3 is 31.1 Å². The molecule has 0 aliphatic rings. The Bertz CT molecular complexity index is 921. The highest BCUT2D eigenvalue weighted by molar-refractivity contribution is 7.90. The van der Waals surface area contributed by atoms with Crippen LogP contribution in [-0.4, -0.2) is 40.4 Å². The standard InChI is InChI=1S/C10H7Cl6F6N3O4S2/c11-7(12,13)5(24-30(26,27)9(17,18)19)3-1-2-4(23-3)6(8(14,15)16)25-31(28,29)10(20,21)22/h1-2,5-6,23-25H. The van der Waals surface area contributed by atoms with Gasteiger partial charge in [-0.3, -0.25) is 0 Å². The fourth-order valence-corrected chi connectivity index (χ4v) is 4.74. The molecule has 1 aromatic rings. The number of hydrogen-bond acceptors (Lipinski definition) is 4. The summed E-state index contributed by atoms with van der Waals surface area (Å²) in [5.74, 6) is 0. The first-order valence-electron chi connectivity index (χ1n) is 6.89. The molecular weight excluding hydrogens is 617 g/mol. The van der Waals surface area contributed by atoms with E-state index in [-0.39, 0.29) is 0 Å². The number of halogens is 12. The predicted octanol–water partition coefficient (Wildman–Crippen LogP) is 4.72. The zero-order valence-electron chi connectivity index (χ0n) is 13.8. The normalized spacial score (nSPS) is 16.9. The zero-order valence-corrected chi connectivity index (χ0v) is 20.0. The number of nitrogens with one attached hydrogen (secondary N) is 3. The number of rotatable bonds is 6. The van der Waals surface area contributed by atoms with E-state index in [1.807, 2.05) is 0 Å². The van der Waals surface area contributed by atoms with Crippen molar-refractivity contribution in [1.29, 1.82) is 0 Å². The molecule has 0 aliphatic heterocycles. The Morgan fingerprint density at radius 1 is 0.677 bits per heavy atom. The van der Waals surface area contributed by atoms with Crippen LogP contribution >= 0.6 is 69.6 Å². The monoisotopic (exact) mass is 621 g/mol. The second kappa shape index (κ2) is 9.23. The van der Waals surface area contributed by atoms with Crippen LogP contribution in [0, 0.1) is 0 Å². The van der Waals surface area contributed by atoms with Crippen LogP contribution in [0.3, 0.4) is 0 Å². The van der Waals surface area contributed by atoms with Gasteiger partial charge in [-0.25, -0.2) is 16.8 Å². The molecule has 0 aliphatic carbocycles. The van der Waals surface area contributed by atoms with Gasteiger partial charge in [-0.2, -0.15) is 35.8 Å². The molecule has 3 N–H and O–H groups in total. The highest BCUT2D eigenvalue weighted by atomic mass is 35.6. The first-order valence-corrected chi connectivity index (χ1v) is 12.1. The van der Waals surface area contributed by atoms with Gasteiger partial charge in [0, 0.05) is 11.4 Å². The lowest BCUT2D eigenvalue weighted by atomic mass is 10.2. The topological polar surface area (TPSA) is 108 Å². The van der Waals surface area contributed by atoms with Crippen molar-refractivity contribution in [3.05, 3.63) is 23.5 Å². The van der Waals surface area contributed by atoms with E-state index in [9.17, 15) is 43.2 Å². The van der Waals surface area contributed by atoms with Crippen LogP contribution in [0.5, 0.6) is 0 Å². The summed E-state index contributed by atoms with van der Waals surface area (Å²) < 4.78 is 118. The van der Waals surface area contributed by atoms with Gasteiger partial charge in [-0.1, -0.05) is 69.6 Å². The first-order chi connectivity index (χ1) is 13.4. The first kappa shape index (κ1) is 29.5. The van der Waals surface area contributed by atoms with Gasteiger partial charge < -0.3 is 4.98 Å². The van der Waals surface area contributed by atoms with E-state index in [4.69, 9.17) is 69.6 Å². The van der Waals surface area contributed by atoms with Gasteiger partial charge in [-0.15, -0.1) is 0 Å². The Labute approximate surface area is 200 Å². The number of sulfonamides is 2. The molecule has 7 nitrogen and oxygen atoms in total. The molecule has 2 atom stereocenters. The SMILES string of the molecule is O=S(=O)(NC(c1ccc(C(NS(=O)(=O)C(F)(F)F)C(Cl)(Cl)Cl)[nH]1)C(Cl)(Cl)Cl)C(F)(F)F. The van der Waals surface area contributed by atoms with Crippen molar-refractivity contribution in [3.63, 3.8) is 0 Å². The minimum atomic E-state index is -6.08. The van der Waals surface area contributed by atoms with E-state index in [0.29, 0.717) is 0 Å². The van der Waals surface area contributed by atoms with E-state index in [1.54, 1.807) is 0 Å². The highest BCUT2D eigenvalue weighted by Gasteiger charge is 2.52. The second-order valence-corrected chi connectivity index (χ2v) is 13.6. The van der Waals surface area contributed by atoms with E-state index >= 15 is 0 Å². The molecule has 0 radical (unpaired) electrons. The van der Waals surface area contributed by atoms with Crippen LogP contribution in [0.15, 0.2) is 12.1 Å². The summed E-state index contributed by atoms with van der Waals surface area (Å²) in [6, 6.07) is -3.06. The molecule has 1 heterocycles. The van der Waals surface area contributed by atoms with Crippen molar-refractivity contribution in [2.75, 3.05) is 0 Å². The minimum absolute atomic E-state index is 0.659. The summed E-state index contributed by atoms with van der Waals surface area (Å²) in [6.45, 7) is 0. The molecule has 0 fully saturated rings. The van der Waals surface area contributed by atoms with Gasteiger partial charge in [0.25, 0.3) is 0 Å². The van der Waals surface area contributed by atoms with Crippen molar-refractivity contribution < 1.29 is 43.2 Å². The molecule has 2 unspecified atom stereocenters. The summed E-state index contributed by atoms with van der Waals surface area (Å²) in [6.07, 6.45) is 0. The maximum atomic E-state index is 12.7. The van der Waals surface area contributed by atoms with Crippen LogP contribution < -0.4 is 9.44 Å². The van der Waals surface area contributed by atoms with Crippen LogP contribution in [0.2, 0.25) is 0 Å². The Morgan fingerprint density at radius 2 is 0.935 bits per heavy atom. The average Bonchev–Trinajstić information content (AvgIpc) is 2.94. The molecule has 0 bridgehead atoms. The van der Waals surface area contributed by atoms with Crippen molar-refractivity contribution in [2.24, 2.45) is 0 Å². The van der Waals surface area contributed by atoms with Crippen LogP contribution in [0.1, 0.15) is 23.5 Å². The molecule has 0 aromatic carbocycles. The maximum Gasteiger partial charge on any atom is 0.511 e. The molecule has 0 saturated heterocycles. The number of aromatic nitrogens is 1. The van der Waals surface area contributed by atoms with Crippen LogP contribution in [0.25, 0.3) is 0 Å². The Kier molecular flexibility index (Phi) is 8.77. The summed E-state index contributed by atoms with van der Waals surface area (Å²) in [5.41, 5.74) is -13.0. The third kappa shape index (κ3) is 7.45. The Balaban J connectivity index is 3.47. The number of aromatic amines is 1. The van der Waals surface area contributed by atoms with Gasteiger partial charge in [0.2, 0.25) is 7.59 Å². The number of hydrogen-bond donors (Lipinski definition) is 3. The van der Waals surface area contributed by atoms with E-state index in [2.05, 4.69) is 4.98 Å². The second-order valence-electron chi connectivity index (χ2n) is 5.45. The lowest BCUT2D eigenvalue weighted by Gasteiger charge is -2.26. The lowest BCUT2D eigenvalue weighted by Crippen LogP contribution is -2.44. The van der Waals surface area contributed by atoms with Crippen molar-refractivity contribution in [2.45, 2.75) is 30.7 Å². The predicted molar refractivity (Wildman–Crippen MR) is 103 cm³/mol. The fraction of sp³-hybridized carbons (Fsp3) is 0.600. The highest BCUT2D eigenvalue weighted by Crippen LogP contribution is 2.44. The largest absolute Gasteiger partial charge is 0.511 e. The fourth-order valence-electron chi connectivity index (χ4n) is 1.82. The quantitative estimate of drug-likeness (QED) is 0.315. The Hall–Kier alpha value is 0.420. The molecule has 0 amide bonds. The molecule has 1 aromatic heterocycles. The third-order valence-electron chi connectivity index (χ3n) is 3.16. The smallest absolute Gasteiger partial charge is 0.359 e. The zero-order chi connectivity index (χ0) is 24.8. The molecule has 1 rings (SSSR count). The van der Waals surface area contributed by atoms with Gasteiger partial charge in [0.1, 0.15) is 12.1 Å². The minimum Gasteiger partial charge on any atom is -0.359 e. The van der Waals surface area contributed by atoms with Crippen molar-refractivity contribution >= 4 is 89.7 Å². The summed E-state index contributed by atoms with van der Waals surface area (Å²) in [7, 11) is -12.2. The van der Waals surface area contributed by atoms with Gasteiger partial charge in [-0.05, 0) is 12.1 Å². The molecule has 31 heavy (non-hydrogen) atoms. The van der Waals surface area contributed by atoms with E-state index < -0.39 is 62.1 Å². The molecule has 21 heteroatoms. The summed E-state index contributed by atoms with van der Waals surface area (Å²) in [4.78, 5) is 2.08. The molecular formula is C10H7Cl6F6N3O4S2. The average molecular weight is 624 g/mol. The number of alkyl halides is 12. The molecule has 182 valence electrons. The molecule has 0 spiro atoms. The van der Waals surface area contributed by atoms with E-state index in [1.165, 1.54) is 0 Å². The van der Waals surface area contributed by atoms with Crippen LogP contribution in [-0.2, 0) is 20.0 Å². The van der Waals surface area contributed by atoms with Gasteiger partial charge in [0.15, 0.2) is 0 Å². The maximum absolute atomic E-state index is 12.7. The van der Waals surface area contributed by atoms with Crippen LogP contribution in [0.4, 0.5) is 26.3 Å². The summed E-state index contributed by atoms with van der Waals surface area (Å²) >= 11 is 33.1. The lowest BCUT2D eigenvalue weighted by molar-refractivity contribution is -0.0456. The summed E-state index contributed by atoms with van der Waals surface area (Å²) in [5, 5.41) is 0. The third-order valence-corrected chi connectivity index (χ3v) is 6.78. The number of H-pyrrole nitrogens is 1. The Morgan fingerprint density at radius 3 is 1.13 bits per heavy atom. The van der Waals surface area contributed by atoms with E-state index in [0.717, 1.165) is 21.6 Å².